The highest BCUT2D eigenvalue weighted by atomic mass is 16.5. The van der Waals surface area contributed by atoms with E-state index in [0.717, 1.165) is 31.8 Å². The van der Waals surface area contributed by atoms with Crippen molar-refractivity contribution >= 4 is 12.6 Å². The molecule has 0 saturated carbocycles. The van der Waals surface area contributed by atoms with E-state index >= 15 is 0 Å². The third-order valence-electron chi connectivity index (χ3n) is 3.65. The molecule has 0 radical (unpaired) electrons. The highest BCUT2D eigenvalue weighted by molar-refractivity contribution is 6.58. The zero-order chi connectivity index (χ0) is 14.4. The van der Waals surface area contributed by atoms with E-state index < -0.39 is 7.12 Å². The second-order valence-corrected chi connectivity index (χ2v) is 5.09. The third-order valence-corrected chi connectivity index (χ3v) is 3.65. The molecule has 1 aliphatic heterocycles. The van der Waals surface area contributed by atoms with Crippen LogP contribution in [-0.2, 0) is 4.74 Å². The van der Waals surface area contributed by atoms with Crippen LogP contribution in [0, 0.1) is 0 Å². The molecule has 1 fully saturated rings. The average molecular weight is 279 g/mol. The predicted molar refractivity (Wildman–Crippen MR) is 78.2 cm³/mol. The first-order chi connectivity index (χ1) is 9.69. The van der Waals surface area contributed by atoms with Crippen LogP contribution in [-0.4, -0.2) is 61.5 Å². The molecular weight excluding hydrogens is 257 g/mol. The summed E-state index contributed by atoms with van der Waals surface area (Å²) in [4.78, 5) is 2.35. The molecule has 1 aromatic rings. The topological polar surface area (TPSA) is 62.2 Å². The van der Waals surface area contributed by atoms with Crippen LogP contribution in [0.1, 0.15) is 12.8 Å². The lowest BCUT2D eigenvalue weighted by atomic mass is 9.80. The van der Waals surface area contributed by atoms with Crippen LogP contribution < -0.4 is 10.2 Å². The molecule has 0 spiro atoms. The zero-order valence-corrected chi connectivity index (χ0v) is 11.9. The minimum absolute atomic E-state index is 0.342. The molecule has 2 rings (SSSR count). The molecule has 2 N–H and O–H groups in total. The van der Waals surface area contributed by atoms with Crippen molar-refractivity contribution in [2.45, 2.75) is 18.9 Å². The van der Waals surface area contributed by atoms with Gasteiger partial charge >= 0.3 is 7.12 Å². The lowest BCUT2D eigenvalue weighted by molar-refractivity contribution is 0.0272. The Kier molecular flexibility index (Phi) is 5.85. The van der Waals surface area contributed by atoms with Crippen LogP contribution in [0.15, 0.2) is 24.3 Å². The first-order valence-electron chi connectivity index (χ1n) is 7.03. The summed E-state index contributed by atoms with van der Waals surface area (Å²) in [6, 6.07) is 6.82. The standard InChI is InChI=1S/C14H22BNO4/c1-19-14-3-2-8-16(11-14)9-10-20-13-6-4-12(5-7-13)15(17)18/h4-7,14,17-18H,2-3,8-11H2,1H3. The van der Waals surface area contributed by atoms with Crippen molar-refractivity contribution in [1.82, 2.24) is 4.90 Å². The molecule has 0 aliphatic carbocycles. The first kappa shape index (κ1) is 15.3. The van der Waals surface area contributed by atoms with Crippen molar-refractivity contribution in [3.05, 3.63) is 24.3 Å². The van der Waals surface area contributed by atoms with Gasteiger partial charge in [-0.05, 0) is 37.0 Å². The van der Waals surface area contributed by atoms with Gasteiger partial charge in [-0.25, -0.2) is 0 Å². The van der Waals surface area contributed by atoms with Crippen LogP contribution in [0.4, 0.5) is 0 Å². The highest BCUT2D eigenvalue weighted by Gasteiger charge is 2.18. The van der Waals surface area contributed by atoms with Crippen LogP contribution in [0.2, 0.25) is 0 Å². The SMILES string of the molecule is COC1CCCN(CCOc2ccc(B(O)O)cc2)C1. The minimum Gasteiger partial charge on any atom is -0.492 e. The van der Waals surface area contributed by atoms with Crippen molar-refractivity contribution < 1.29 is 19.5 Å². The Balaban J connectivity index is 1.72. The van der Waals surface area contributed by atoms with Crippen molar-refractivity contribution in [3.8, 4) is 5.75 Å². The van der Waals surface area contributed by atoms with Gasteiger partial charge in [0.15, 0.2) is 0 Å². The van der Waals surface area contributed by atoms with Crippen LogP contribution in [0.5, 0.6) is 5.75 Å². The van der Waals surface area contributed by atoms with Gasteiger partial charge in [0.25, 0.3) is 0 Å². The maximum absolute atomic E-state index is 9.01. The van der Waals surface area contributed by atoms with Gasteiger partial charge in [-0.1, -0.05) is 12.1 Å². The molecule has 6 heteroatoms. The molecule has 1 aromatic carbocycles. The molecule has 110 valence electrons. The Morgan fingerprint density at radius 1 is 1.30 bits per heavy atom. The third kappa shape index (κ3) is 4.49. The lowest BCUT2D eigenvalue weighted by Gasteiger charge is -2.31. The monoisotopic (exact) mass is 279 g/mol. The molecule has 1 saturated heterocycles. The van der Waals surface area contributed by atoms with Gasteiger partial charge in [0, 0.05) is 20.2 Å². The van der Waals surface area contributed by atoms with Crippen molar-refractivity contribution in [1.29, 1.82) is 0 Å². The molecule has 1 atom stereocenters. The fourth-order valence-corrected chi connectivity index (χ4v) is 2.44. The number of hydrogen-bond donors (Lipinski definition) is 2. The van der Waals surface area contributed by atoms with Gasteiger partial charge in [0.1, 0.15) is 12.4 Å². The summed E-state index contributed by atoms with van der Waals surface area (Å²) in [7, 11) is 0.338. The van der Waals surface area contributed by atoms with Gasteiger partial charge in [0.05, 0.1) is 6.10 Å². The van der Waals surface area contributed by atoms with Crippen LogP contribution >= 0.6 is 0 Å². The van der Waals surface area contributed by atoms with E-state index in [1.165, 1.54) is 6.42 Å². The molecule has 5 nitrogen and oxygen atoms in total. The summed E-state index contributed by atoms with van der Waals surface area (Å²) in [5, 5.41) is 18.0. The normalized spacial score (nSPS) is 19.9. The van der Waals surface area contributed by atoms with E-state index in [2.05, 4.69) is 4.90 Å². The number of rotatable bonds is 6. The molecular formula is C14H22BNO4. The minimum atomic E-state index is -1.43. The molecule has 1 aliphatic rings. The Morgan fingerprint density at radius 2 is 2.05 bits per heavy atom. The maximum Gasteiger partial charge on any atom is 0.488 e. The van der Waals surface area contributed by atoms with E-state index in [4.69, 9.17) is 19.5 Å². The van der Waals surface area contributed by atoms with Crippen LogP contribution in [0.3, 0.4) is 0 Å². The maximum atomic E-state index is 9.01. The summed E-state index contributed by atoms with van der Waals surface area (Å²) in [5.41, 5.74) is 0.469. The highest BCUT2D eigenvalue weighted by Crippen LogP contribution is 2.13. The first-order valence-corrected chi connectivity index (χ1v) is 7.03. The summed E-state index contributed by atoms with van der Waals surface area (Å²) in [5.74, 6) is 0.745. The van der Waals surface area contributed by atoms with Crippen molar-refractivity contribution in [2.75, 3.05) is 33.4 Å². The molecule has 1 unspecified atom stereocenters. The second-order valence-electron chi connectivity index (χ2n) is 5.09. The Labute approximate surface area is 120 Å². The van der Waals surface area contributed by atoms with Gasteiger partial charge in [0.2, 0.25) is 0 Å². The molecule has 0 amide bonds. The quantitative estimate of drug-likeness (QED) is 0.709. The number of ether oxygens (including phenoxy) is 2. The molecule has 0 bridgehead atoms. The van der Waals surface area contributed by atoms with E-state index in [-0.39, 0.29) is 0 Å². The Hall–Kier alpha value is -1.08. The summed E-state index contributed by atoms with van der Waals surface area (Å²) < 4.78 is 11.1. The van der Waals surface area contributed by atoms with E-state index in [1.54, 1.807) is 31.4 Å². The van der Waals surface area contributed by atoms with Gasteiger partial charge in [-0.15, -0.1) is 0 Å². The van der Waals surface area contributed by atoms with Crippen molar-refractivity contribution in [2.24, 2.45) is 0 Å². The number of nitrogens with zero attached hydrogens (tertiary/aromatic N) is 1. The number of benzene rings is 1. The second kappa shape index (κ2) is 7.64. The average Bonchev–Trinajstić information content (AvgIpc) is 2.48. The fraction of sp³-hybridized carbons (Fsp3) is 0.571. The smallest absolute Gasteiger partial charge is 0.488 e. The number of methoxy groups -OCH3 is 1. The molecule has 1 heterocycles. The van der Waals surface area contributed by atoms with Crippen molar-refractivity contribution in [3.63, 3.8) is 0 Å². The van der Waals surface area contributed by atoms with Crippen LogP contribution in [0.25, 0.3) is 0 Å². The zero-order valence-electron chi connectivity index (χ0n) is 11.9. The fourth-order valence-electron chi connectivity index (χ4n) is 2.44. The van der Waals surface area contributed by atoms with E-state index in [9.17, 15) is 0 Å². The summed E-state index contributed by atoms with van der Waals surface area (Å²) in [6.07, 6.45) is 2.65. The van der Waals surface area contributed by atoms with E-state index in [0.29, 0.717) is 18.2 Å². The largest absolute Gasteiger partial charge is 0.492 e. The van der Waals surface area contributed by atoms with Gasteiger partial charge < -0.3 is 19.5 Å². The number of likely N-dealkylation sites (tertiary alicyclic amines) is 1. The lowest BCUT2D eigenvalue weighted by Crippen LogP contribution is -2.41. The Morgan fingerprint density at radius 3 is 2.70 bits per heavy atom. The van der Waals surface area contributed by atoms with E-state index in [1.807, 2.05) is 0 Å². The molecule has 20 heavy (non-hydrogen) atoms. The summed E-state index contributed by atoms with van der Waals surface area (Å²) in [6.45, 7) is 3.57. The van der Waals surface area contributed by atoms with Gasteiger partial charge in [-0.3, -0.25) is 4.90 Å². The summed E-state index contributed by atoms with van der Waals surface area (Å²) >= 11 is 0. The van der Waals surface area contributed by atoms with Gasteiger partial charge in [-0.2, -0.15) is 0 Å². The molecule has 0 aromatic heterocycles. The Bertz CT molecular complexity index is 399. The number of piperidine rings is 1. The number of hydrogen-bond acceptors (Lipinski definition) is 5. The predicted octanol–water partition coefficient (Wildman–Crippen LogP) is -0.144.